The van der Waals surface area contributed by atoms with Crippen LogP contribution in [0.3, 0.4) is 0 Å². The Labute approximate surface area is 92.3 Å². The molecule has 0 aromatic rings. The van der Waals surface area contributed by atoms with Crippen molar-refractivity contribution in [2.24, 2.45) is 11.7 Å². The summed E-state index contributed by atoms with van der Waals surface area (Å²) in [5.41, 5.74) is 4.71. The third-order valence-electron chi connectivity index (χ3n) is 2.14. The van der Waals surface area contributed by atoms with Crippen LogP contribution in [0.1, 0.15) is 40.5 Å². The quantitative estimate of drug-likeness (QED) is 0.679. The molecule has 2 N–H and O–H groups in total. The summed E-state index contributed by atoms with van der Waals surface area (Å²) in [6, 6.07) is 0. The molecule has 6 heteroatoms. The summed E-state index contributed by atoms with van der Waals surface area (Å²) in [5, 5.41) is 0. The number of hydrogen-bond acceptors (Lipinski definition) is 5. The van der Waals surface area contributed by atoms with Crippen molar-refractivity contribution in [3.63, 3.8) is 0 Å². The third kappa shape index (κ3) is 4.92. The van der Waals surface area contributed by atoms with E-state index in [1.165, 1.54) is 0 Å². The Morgan fingerprint density at radius 1 is 1.33 bits per heavy atom. The van der Waals surface area contributed by atoms with Gasteiger partial charge >= 0.3 is 10.4 Å². The fourth-order valence-corrected chi connectivity index (χ4v) is 2.17. The summed E-state index contributed by atoms with van der Waals surface area (Å²) in [6.07, 6.45) is 1.22. The van der Waals surface area contributed by atoms with Gasteiger partial charge in [0.25, 0.3) is 0 Å². The van der Waals surface area contributed by atoms with E-state index in [4.69, 9.17) is 9.92 Å². The van der Waals surface area contributed by atoms with Gasteiger partial charge in [0.05, 0.1) is 6.61 Å². The Bertz CT molecular complexity index is 276. The van der Waals surface area contributed by atoms with Crippen molar-refractivity contribution in [3.05, 3.63) is 0 Å². The van der Waals surface area contributed by atoms with Gasteiger partial charge in [0.2, 0.25) is 0 Å². The lowest BCUT2D eigenvalue weighted by atomic mass is 9.96. The Balaban J connectivity index is 4.69. The largest absolute Gasteiger partial charge is 0.401 e. The second kappa shape index (κ2) is 5.79. The summed E-state index contributed by atoms with van der Waals surface area (Å²) in [6.45, 7) is 7.17. The Morgan fingerprint density at radius 3 is 2.20 bits per heavy atom. The number of rotatable bonds is 7. The maximum absolute atomic E-state index is 11.3. The van der Waals surface area contributed by atoms with E-state index in [2.05, 4.69) is 4.18 Å². The SMILES string of the molecule is CCCC(N)(OS(=O)(=O)OCC)C(C)C. The molecule has 0 spiro atoms. The Hall–Kier alpha value is -0.170. The highest BCUT2D eigenvalue weighted by Gasteiger charge is 2.35. The van der Waals surface area contributed by atoms with Gasteiger partial charge in [-0.1, -0.05) is 27.2 Å². The van der Waals surface area contributed by atoms with Gasteiger partial charge in [-0.15, -0.1) is 0 Å². The lowest BCUT2D eigenvalue weighted by Gasteiger charge is -2.31. The third-order valence-corrected chi connectivity index (χ3v) is 3.18. The monoisotopic (exact) mass is 239 g/mol. The minimum absolute atomic E-state index is 0.0443. The molecule has 0 aliphatic carbocycles. The molecule has 1 atom stereocenters. The second-order valence-corrected chi connectivity index (χ2v) is 4.98. The van der Waals surface area contributed by atoms with Gasteiger partial charge in [-0.05, 0) is 19.3 Å². The molecule has 0 aromatic carbocycles. The van der Waals surface area contributed by atoms with Gasteiger partial charge in [-0.3, -0.25) is 0 Å². The average molecular weight is 239 g/mol. The summed E-state index contributed by atoms with van der Waals surface area (Å²) in [5.74, 6) is -0.104. The minimum atomic E-state index is -3.98. The fraction of sp³-hybridized carbons (Fsp3) is 1.00. The fourth-order valence-electron chi connectivity index (χ4n) is 1.18. The van der Waals surface area contributed by atoms with Crippen LogP contribution in [0.2, 0.25) is 0 Å². The molecule has 92 valence electrons. The van der Waals surface area contributed by atoms with Crippen molar-refractivity contribution in [1.29, 1.82) is 0 Å². The first-order chi connectivity index (χ1) is 6.77. The predicted octanol–water partition coefficient (Wildman–Crippen LogP) is 1.40. The van der Waals surface area contributed by atoms with E-state index in [0.29, 0.717) is 6.42 Å². The normalized spacial score (nSPS) is 16.7. The average Bonchev–Trinajstić information content (AvgIpc) is 2.02. The van der Waals surface area contributed by atoms with Gasteiger partial charge in [0, 0.05) is 0 Å². The Kier molecular flexibility index (Phi) is 5.72. The van der Waals surface area contributed by atoms with E-state index in [-0.39, 0.29) is 12.5 Å². The highest BCUT2D eigenvalue weighted by atomic mass is 32.3. The van der Waals surface area contributed by atoms with Crippen LogP contribution in [0, 0.1) is 5.92 Å². The molecule has 0 aromatic heterocycles. The highest BCUT2D eigenvalue weighted by molar-refractivity contribution is 7.81. The van der Waals surface area contributed by atoms with Crippen LogP contribution >= 0.6 is 0 Å². The molecule has 0 saturated heterocycles. The maximum atomic E-state index is 11.3. The number of hydrogen-bond donors (Lipinski definition) is 1. The highest BCUT2D eigenvalue weighted by Crippen LogP contribution is 2.24. The van der Waals surface area contributed by atoms with E-state index in [1.807, 2.05) is 20.8 Å². The van der Waals surface area contributed by atoms with E-state index in [9.17, 15) is 8.42 Å². The first-order valence-electron chi connectivity index (χ1n) is 5.16. The predicted molar refractivity (Wildman–Crippen MR) is 58.3 cm³/mol. The van der Waals surface area contributed by atoms with Crippen LogP contribution in [0.25, 0.3) is 0 Å². The van der Waals surface area contributed by atoms with Crippen LogP contribution in [-0.2, 0) is 18.8 Å². The van der Waals surface area contributed by atoms with Crippen LogP contribution in [0.4, 0.5) is 0 Å². The summed E-state index contributed by atoms with van der Waals surface area (Å²) < 4.78 is 32.0. The molecule has 0 radical (unpaired) electrons. The molecular weight excluding hydrogens is 218 g/mol. The lowest BCUT2D eigenvalue weighted by Crippen LogP contribution is -2.49. The van der Waals surface area contributed by atoms with Gasteiger partial charge in [0.1, 0.15) is 5.72 Å². The molecule has 5 nitrogen and oxygen atoms in total. The van der Waals surface area contributed by atoms with Gasteiger partial charge in [0.15, 0.2) is 0 Å². The molecule has 0 fully saturated rings. The van der Waals surface area contributed by atoms with Crippen molar-refractivity contribution in [3.8, 4) is 0 Å². The molecule has 0 heterocycles. The van der Waals surface area contributed by atoms with E-state index in [0.717, 1.165) is 6.42 Å². The topological polar surface area (TPSA) is 78.6 Å². The standard InChI is InChI=1S/C9H21NO4S/c1-5-7-9(10,8(3)4)14-15(11,12)13-6-2/h8H,5-7,10H2,1-4H3. The smallest absolute Gasteiger partial charge is 0.302 e. The summed E-state index contributed by atoms with van der Waals surface area (Å²) >= 11 is 0. The molecule has 15 heavy (non-hydrogen) atoms. The zero-order valence-corrected chi connectivity index (χ0v) is 10.6. The second-order valence-electron chi connectivity index (χ2n) is 3.76. The zero-order valence-electron chi connectivity index (χ0n) is 9.82. The zero-order chi connectivity index (χ0) is 12.1. The number of nitrogens with two attached hydrogens (primary N) is 1. The van der Waals surface area contributed by atoms with Gasteiger partial charge in [-0.2, -0.15) is 8.42 Å². The molecule has 0 aliphatic heterocycles. The van der Waals surface area contributed by atoms with Crippen molar-refractivity contribution in [2.75, 3.05) is 6.61 Å². The van der Waals surface area contributed by atoms with E-state index >= 15 is 0 Å². The molecular formula is C9H21NO4S. The first-order valence-corrected chi connectivity index (χ1v) is 6.49. The van der Waals surface area contributed by atoms with Crippen LogP contribution in [0.15, 0.2) is 0 Å². The van der Waals surface area contributed by atoms with E-state index in [1.54, 1.807) is 6.92 Å². The summed E-state index contributed by atoms with van der Waals surface area (Å²) in [7, 11) is -3.98. The summed E-state index contributed by atoms with van der Waals surface area (Å²) in [4.78, 5) is 0. The van der Waals surface area contributed by atoms with Crippen LogP contribution in [-0.4, -0.2) is 20.7 Å². The Morgan fingerprint density at radius 2 is 1.87 bits per heavy atom. The van der Waals surface area contributed by atoms with Crippen LogP contribution < -0.4 is 5.73 Å². The molecule has 0 saturated carbocycles. The van der Waals surface area contributed by atoms with Crippen molar-refractivity contribution >= 4 is 10.4 Å². The first kappa shape index (κ1) is 14.8. The van der Waals surface area contributed by atoms with Crippen LogP contribution in [0.5, 0.6) is 0 Å². The van der Waals surface area contributed by atoms with Gasteiger partial charge < -0.3 is 5.73 Å². The van der Waals surface area contributed by atoms with E-state index < -0.39 is 16.1 Å². The molecule has 0 bridgehead atoms. The molecule has 1 unspecified atom stereocenters. The maximum Gasteiger partial charge on any atom is 0.401 e. The lowest BCUT2D eigenvalue weighted by molar-refractivity contribution is 0.00946. The van der Waals surface area contributed by atoms with Crippen molar-refractivity contribution in [2.45, 2.75) is 46.3 Å². The van der Waals surface area contributed by atoms with Crippen molar-refractivity contribution in [1.82, 2.24) is 0 Å². The molecule has 0 amide bonds. The molecule has 0 aliphatic rings. The van der Waals surface area contributed by atoms with Crippen molar-refractivity contribution < 1.29 is 16.8 Å². The minimum Gasteiger partial charge on any atom is -0.302 e. The van der Waals surface area contributed by atoms with Gasteiger partial charge in [-0.25, -0.2) is 8.37 Å². The molecule has 0 rings (SSSR count).